The molecule has 1 aromatic carbocycles. The molecule has 18 heteroatoms. The second-order valence-electron chi connectivity index (χ2n) is 16.9. The first-order valence-corrected chi connectivity index (χ1v) is 20.1. The van der Waals surface area contributed by atoms with Crippen molar-refractivity contribution in [1.82, 2.24) is 28.3 Å². The van der Waals surface area contributed by atoms with Crippen LogP contribution in [0.3, 0.4) is 0 Å². The molecular weight excluding hydrogens is 717 g/mol. The molecule has 0 saturated carbocycles. The summed E-state index contributed by atoms with van der Waals surface area (Å²) in [6, 6.07) is 8.15. The molecule has 1 aromatic rings. The van der Waals surface area contributed by atoms with E-state index >= 15 is 0 Å². The lowest BCUT2D eigenvalue weighted by Crippen LogP contribution is -2.52. The van der Waals surface area contributed by atoms with E-state index in [1.165, 1.54) is 8.61 Å². The second kappa shape index (κ2) is 17.3. The number of nitrogens with zero attached hydrogens (tertiary/aromatic N) is 3. The van der Waals surface area contributed by atoms with E-state index in [-0.39, 0.29) is 44.2 Å². The van der Waals surface area contributed by atoms with Gasteiger partial charge in [0, 0.05) is 32.7 Å². The normalized spacial score (nSPS) is 19.1. The topological polar surface area (TPSA) is 193 Å². The predicted molar refractivity (Wildman–Crippen MR) is 198 cm³/mol. The molecule has 2 heterocycles. The Hall–Kier alpha value is -3.19. The van der Waals surface area contributed by atoms with Gasteiger partial charge in [-0.3, -0.25) is 0 Å². The Bertz CT molecular complexity index is 1580. The fraction of sp³-hybridized carbons (Fsp3) is 0.735. The van der Waals surface area contributed by atoms with E-state index in [0.29, 0.717) is 13.1 Å². The zero-order chi connectivity index (χ0) is 39.9. The van der Waals surface area contributed by atoms with Crippen molar-refractivity contribution in [3.05, 3.63) is 35.9 Å². The average Bonchev–Trinajstić information content (AvgIpc) is 3.44. The Kier molecular flexibility index (Phi) is 15.0. The van der Waals surface area contributed by atoms with Gasteiger partial charge in [0.1, 0.15) is 17.8 Å². The van der Waals surface area contributed by atoms with Gasteiger partial charge in [-0.2, -0.15) is 29.8 Å². The van der Waals surface area contributed by atoms with Gasteiger partial charge in [-0.25, -0.2) is 19.1 Å². The van der Waals surface area contributed by atoms with Gasteiger partial charge in [0.05, 0.1) is 18.6 Å². The third kappa shape index (κ3) is 14.7. The monoisotopic (exact) mass is 776 g/mol. The number of amides is 3. The molecule has 52 heavy (non-hydrogen) atoms. The maximum Gasteiger partial charge on any atom is 0.424 e. The van der Waals surface area contributed by atoms with Gasteiger partial charge in [0.25, 0.3) is 10.2 Å². The molecule has 3 amide bonds. The maximum absolute atomic E-state index is 12.9. The first-order chi connectivity index (χ1) is 23.5. The minimum Gasteiger partial charge on any atom is -0.444 e. The van der Waals surface area contributed by atoms with Gasteiger partial charge < -0.3 is 24.8 Å². The number of alkyl carbamates (subject to hydrolysis) is 2. The summed E-state index contributed by atoms with van der Waals surface area (Å²) in [5.74, 6) is 0. The lowest BCUT2D eigenvalue weighted by Gasteiger charge is -2.34. The van der Waals surface area contributed by atoms with E-state index < -0.39 is 61.4 Å². The summed E-state index contributed by atoms with van der Waals surface area (Å²) in [6.07, 6.45) is -2.08. The van der Waals surface area contributed by atoms with Crippen LogP contribution in [0.4, 0.5) is 14.4 Å². The van der Waals surface area contributed by atoms with Crippen LogP contribution in [0.5, 0.6) is 0 Å². The summed E-state index contributed by atoms with van der Waals surface area (Å²) >= 11 is 0. The van der Waals surface area contributed by atoms with Gasteiger partial charge in [0.2, 0.25) is 0 Å². The van der Waals surface area contributed by atoms with Crippen molar-refractivity contribution in [3.8, 4) is 0 Å². The van der Waals surface area contributed by atoms with Crippen molar-refractivity contribution in [1.29, 1.82) is 0 Å². The van der Waals surface area contributed by atoms with Crippen LogP contribution >= 0.6 is 0 Å². The molecule has 0 bridgehead atoms. The van der Waals surface area contributed by atoms with Crippen molar-refractivity contribution >= 4 is 38.7 Å². The van der Waals surface area contributed by atoms with E-state index in [1.807, 2.05) is 59.7 Å². The highest BCUT2D eigenvalue weighted by molar-refractivity contribution is 7.87. The number of carbonyl (C=O) groups is 3. The van der Waals surface area contributed by atoms with Gasteiger partial charge >= 0.3 is 28.5 Å². The first-order valence-electron chi connectivity index (χ1n) is 17.2. The lowest BCUT2D eigenvalue weighted by atomic mass is 9.86. The molecule has 2 fully saturated rings. The molecule has 2 aliphatic rings. The minimum atomic E-state index is -4.06. The summed E-state index contributed by atoms with van der Waals surface area (Å²) in [5.41, 5.74) is -1.25. The van der Waals surface area contributed by atoms with Gasteiger partial charge in [-0.05, 0) is 57.9 Å². The third-order valence-electron chi connectivity index (χ3n) is 7.80. The highest BCUT2D eigenvalue weighted by Crippen LogP contribution is 2.26. The van der Waals surface area contributed by atoms with Crippen LogP contribution in [-0.2, 0) is 41.2 Å². The Morgan fingerprint density at radius 3 is 1.58 bits per heavy atom. The van der Waals surface area contributed by atoms with Gasteiger partial charge in [-0.15, -0.1) is 0 Å². The van der Waals surface area contributed by atoms with Crippen LogP contribution in [0.1, 0.15) is 88.6 Å². The largest absolute Gasteiger partial charge is 0.444 e. The number of rotatable bonds is 8. The summed E-state index contributed by atoms with van der Waals surface area (Å²) in [6.45, 7) is 23.3. The number of hydrogen-bond donors (Lipinski definition) is 3. The number of nitrogens with one attached hydrogen (secondary N) is 3. The van der Waals surface area contributed by atoms with Crippen LogP contribution in [0.15, 0.2) is 30.3 Å². The molecule has 0 aliphatic carbocycles. The van der Waals surface area contributed by atoms with E-state index in [2.05, 4.69) is 15.4 Å². The third-order valence-corrected chi connectivity index (χ3v) is 11.3. The van der Waals surface area contributed by atoms with E-state index in [1.54, 1.807) is 53.7 Å². The summed E-state index contributed by atoms with van der Waals surface area (Å²) < 4.78 is 70.9. The van der Waals surface area contributed by atoms with Crippen LogP contribution in [0.2, 0.25) is 0 Å². The zero-order valence-corrected chi connectivity index (χ0v) is 34.4. The zero-order valence-electron chi connectivity index (χ0n) is 32.7. The Labute approximate surface area is 310 Å². The molecule has 3 N–H and O–H groups in total. The molecular formula is C34H60N6O10S2. The molecule has 0 aromatic heterocycles. The van der Waals surface area contributed by atoms with Crippen LogP contribution in [0.25, 0.3) is 0 Å². The van der Waals surface area contributed by atoms with Crippen LogP contribution in [0, 0.1) is 10.8 Å². The van der Waals surface area contributed by atoms with Crippen LogP contribution in [-0.4, -0.2) is 111 Å². The quantitative estimate of drug-likeness (QED) is 0.323. The predicted octanol–water partition coefficient (Wildman–Crippen LogP) is 4.20. The molecule has 0 radical (unpaired) electrons. The SMILES string of the molecule is CC(C)(C)OC(=O)N[C@H](CN1CCN(C(=O)OCc2ccccc2)S1(=O)=O)C(C)(C)C.CC(C)(C)OC(=O)N[C@H](CN1CCNS1(=O)=O)C(C)(C)C. The summed E-state index contributed by atoms with van der Waals surface area (Å²) in [4.78, 5) is 36.6. The molecule has 2 aliphatic heterocycles. The highest BCUT2D eigenvalue weighted by atomic mass is 32.2. The molecule has 0 spiro atoms. The molecule has 3 rings (SSSR count). The Morgan fingerprint density at radius 1 is 0.712 bits per heavy atom. The highest BCUT2D eigenvalue weighted by Gasteiger charge is 2.43. The molecule has 2 atom stereocenters. The maximum atomic E-state index is 12.9. The smallest absolute Gasteiger partial charge is 0.424 e. The number of benzene rings is 1. The summed E-state index contributed by atoms with van der Waals surface area (Å²) in [7, 11) is -7.48. The number of carbonyl (C=O) groups excluding carboxylic acids is 3. The van der Waals surface area contributed by atoms with Gasteiger partial charge in [-0.1, -0.05) is 71.9 Å². The van der Waals surface area contributed by atoms with Crippen molar-refractivity contribution in [2.75, 3.05) is 39.3 Å². The molecule has 298 valence electrons. The Balaban J connectivity index is 0.000000389. The standard InChI is InChI=1S/C21H33N3O6S.C13H27N3O4S/c1-20(2,3)17(22-18(25)30-21(4,5)6)14-23-12-13-24(31(23,27)28)19(26)29-15-16-10-8-7-9-11-16;1-12(2,3)10(15-11(17)20-13(4,5)6)9-16-8-7-14-21(16,18)19/h7-11,17H,12-15H2,1-6H3,(H,22,25);10,14H,7-9H2,1-6H3,(H,15,17)/t17-;10-/m11/s1. The number of hydrogen-bond acceptors (Lipinski definition) is 10. The van der Waals surface area contributed by atoms with E-state index in [4.69, 9.17) is 14.2 Å². The van der Waals surface area contributed by atoms with Gasteiger partial charge in [0.15, 0.2) is 0 Å². The van der Waals surface area contributed by atoms with Crippen molar-refractivity contribution < 1.29 is 45.4 Å². The Morgan fingerprint density at radius 2 is 1.17 bits per heavy atom. The summed E-state index contributed by atoms with van der Waals surface area (Å²) in [5, 5.41) is 5.55. The molecule has 16 nitrogen and oxygen atoms in total. The van der Waals surface area contributed by atoms with E-state index in [0.717, 1.165) is 9.87 Å². The average molecular weight is 777 g/mol. The minimum absolute atomic E-state index is 0.00748. The van der Waals surface area contributed by atoms with Crippen LogP contribution < -0.4 is 15.4 Å². The number of ether oxygens (including phenoxy) is 3. The van der Waals surface area contributed by atoms with Crippen molar-refractivity contribution in [2.45, 2.75) is 113 Å². The fourth-order valence-electron chi connectivity index (χ4n) is 4.81. The second-order valence-corrected chi connectivity index (χ2v) is 20.5. The fourth-order valence-corrected chi connectivity index (χ4v) is 7.50. The van der Waals surface area contributed by atoms with E-state index in [9.17, 15) is 31.2 Å². The lowest BCUT2D eigenvalue weighted by molar-refractivity contribution is 0.0444. The molecule has 0 unspecified atom stereocenters. The molecule has 2 saturated heterocycles. The van der Waals surface area contributed by atoms with Crippen molar-refractivity contribution in [3.63, 3.8) is 0 Å². The van der Waals surface area contributed by atoms with Crippen molar-refractivity contribution in [2.24, 2.45) is 10.8 Å². The first kappa shape index (κ1) is 45.0.